The highest BCUT2D eigenvalue weighted by Gasteiger charge is 2.24. The summed E-state index contributed by atoms with van der Waals surface area (Å²) in [7, 11) is 1.66. The van der Waals surface area contributed by atoms with Gasteiger partial charge in [-0.15, -0.1) is 0 Å². The third-order valence-corrected chi connectivity index (χ3v) is 5.84. The second kappa shape index (κ2) is 10.5. The fraction of sp³-hybridized carbons (Fsp3) is 0.435. The van der Waals surface area contributed by atoms with Gasteiger partial charge in [-0.3, -0.25) is 4.79 Å². The molecule has 10 nitrogen and oxygen atoms in total. The van der Waals surface area contributed by atoms with E-state index in [0.717, 1.165) is 36.8 Å². The third-order valence-electron chi connectivity index (χ3n) is 5.84. The number of rotatable bonds is 9. The molecular formula is C23H29N5O5. The van der Waals surface area contributed by atoms with Crippen molar-refractivity contribution in [2.45, 2.75) is 44.4 Å². The van der Waals surface area contributed by atoms with Crippen LogP contribution < -0.4 is 11.1 Å². The van der Waals surface area contributed by atoms with Crippen molar-refractivity contribution in [3.05, 3.63) is 48.2 Å². The second-order valence-corrected chi connectivity index (χ2v) is 8.14. The lowest BCUT2D eigenvalue weighted by Crippen LogP contribution is -2.39. The Labute approximate surface area is 191 Å². The quantitative estimate of drug-likeness (QED) is 0.425. The van der Waals surface area contributed by atoms with Crippen LogP contribution in [-0.4, -0.2) is 59.0 Å². The normalized spacial score (nSPS) is 18.3. The molecule has 0 bridgehead atoms. The summed E-state index contributed by atoms with van der Waals surface area (Å²) >= 11 is 0. The number of carbonyl (C=O) groups is 2. The molecule has 4 N–H and O–H groups in total. The van der Waals surface area contributed by atoms with Gasteiger partial charge in [0.2, 0.25) is 0 Å². The van der Waals surface area contributed by atoms with Crippen LogP contribution in [0.3, 0.4) is 0 Å². The molecule has 0 unspecified atom stereocenters. The number of primary amides is 1. The summed E-state index contributed by atoms with van der Waals surface area (Å²) in [4.78, 5) is 31.6. The lowest BCUT2D eigenvalue weighted by molar-refractivity contribution is -0.00408. The molecular weight excluding hydrogens is 426 g/mol. The summed E-state index contributed by atoms with van der Waals surface area (Å²) in [6, 6.07) is 5.70. The maximum Gasteiger partial charge on any atom is 0.404 e. The van der Waals surface area contributed by atoms with Gasteiger partial charge in [-0.2, -0.15) is 0 Å². The van der Waals surface area contributed by atoms with Gasteiger partial charge in [-0.1, -0.05) is 0 Å². The maximum atomic E-state index is 13.3. The molecule has 2 aromatic heterocycles. The van der Waals surface area contributed by atoms with E-state index in [9.17, 15) is 9.59 Å². The molecule has 10 heteroatoms. The Morgan fingerprint density at radius 3 is 2.73 bits per heavy atom. The molecule has 1 fully saturated rings. The number of nitrogens with zero attached hydrogens (tertiary/aromatic N) is 2. The Bertz CT molecular complexity index is 1090. The monoisotopic (exact) mass is 455 g/mol. The lowest BCUT2D eigenvalue weighted by Gasteiger charge is -2.29. The average Bonchev–Trinajstić information content (AvgIpc) is 3.48. The molecule has 1 aliphatic rings. The number of nitrogens with one attached hydrogen (secondary N) is 2. The Morgan fingerprint density at radius 1 is 1.21 bits per heavy atom. The van der Waals surface area contributed by atoms with Crippen LogP contribution in [0.4, 0.5) is 4.79 Å². The van der Waals surface area contributed by atoms with Crippen LogP contribution in [-0.2, 0) is 20.8 Å². The van der Waals surface area contributed by atoms with Gasteiger partial charge in [0.05, 0.1) is 42.4 Å². The van der Waals surface area contributed by atoms with E-state index in [1.807, 2.05) is 29.0 Å². The van der Waals surface area contributed by atoms with Crippen molar-refractivity contribution in [3.8, 4) is 5.69 Å². The van der Waals surface area contributed by atoms with E-state index in [4.69, 9.17) is 19.9 Å². The molecule has 2 amide bonds. The van der Waals surface area contributed by atoms with Gasteiger partial charge < -0.3 is 34.8 Å². The highest BCUT2D eigenvalue weighted by atomic mass is 16.5. The summed E-state index contributed by atoms with van der Waals surface area (Å²) in [5, 5.41) is 4.00. The zero-order chi connectivity index (χ0) is 23.2. The summed E-state index contributed by atoms with van der Waals surface area (Å²) in [5.41, 5.74) is 7.73. The van der Waals surface area contributed by atoms with E-state index in [1.54, 1.807) is 19.6 Å². The fourth-order valence-electron chi connectivity index (χ4n) is 4.19. The van der Waals surface area contributed by atoms with E-state index in [-0.39, 0.29) is 24.7 Å². The number of methoxy groups -OCH3 is 1. The Kier molecular flexibility index (Phi) is 7.26. The molecule has 1 aliphatic carbocycles. The number of carbonyl (C=O) groups excluding carboxylic acids is 2. The standard InChI is InChI=1S/C23H29N5O5/c1-31-8-9-32-19-4-2-16(3-5-19)27-22(29)20-12-18(28-7-6-25-14-28)11-15-10-17(26-21(15)20)13-33-23(24)30/h6-7,10-12,14,16,19,26H,2-5,8-9,13H2,1H3,(H2,24,30)(H,27,29). The summed E-state index contributed by atoms with van der Waals surface area (Å²) in [6.45, 7) is 1.17. The zero-order valence-electron chi connectivity index (χ0n) is 18.6. The Hall–Kier alpha value is -3.37. The number of ether oxygens (including phenoxy) is 3. The van der Waals surface area contributed by atoms with Gasteiger partial charge in [-0.05, 0) is 43.9 Å². The Balaban J connectivity index is 1.51. The number of benzene rings is 1. The first kappa shape index (κ1) is 22.8. The molecule has 3 aromatic rings. The number of imidazole rings is 1. The van der Waals surface area contributed by atoms with E-state index >= 15 is 0 Å². The van der Waals surface area contributed by atoms with Crippen LogP contribution in [0.2, 0.25) is 0 Å². The minimum absolute atomic E-state index is 0.00142. The first-order valence-corrected chi connectivity index (χ1v) is 11.0. The van der Waals surface area contributed by atoms with Gasteiger partial charge in [0.15, 0.2) is 0 Å². The fourth-order valence-corrected chi connectivity index (χ4v) is 4.19. The number of aromatic amines is 1. The molecule has 1 saturated carbocycles. The molecule has 2 heterocycles. The minimum Gasteiger partial charge on any atom is -0.443 e. The Morgan fingerprint density at radius 2 is 2.03 bits per heavy atom. The summed E-state index contributed by atoms with van der Waals surface area (Å²) in [5.74, 6) is -0.157. The van der Waals surface area contributed by atoms with E-state index in [0.29, 0.717) is 30.0 Å². The number of fused-ring (bicyclic) bond motifs is 1. The van der Waals surface area contributed by atoms with Crippen molar-refractivity contribution in [2.24, 2.45) is 5.73 Å². The molecule has 33 heavy (non-hydrogen) atoms. The predicted molar refractivity (Wildman–Crippen MR) is 121 cm³/mol. The molecule has 176 valence electrons. The van der Waals surface area contributed by atoms with E-state index in [2.05, 4.69) is 15.3 Å². The summed E-state index contributed by atoms with van der Waals surface area (Å²) < 4.78 is 17.6. The van der Waals surface area contributed by atoms with Crippen molar-refractivity contribution in [1.82, 2.24) is 19.9 Å². The maximum absolute atomic E-state index is 13.3. The minimum atomic E-state index is -0.854. The van der Waals surface area contributed by atoms with Crippen molar-refractivity contribution in [3.63, 3.8) is 0 Å². The van der Waals surface area contributed by atoms with Crippen molar-refractivity contribution in [2.75, 3.05) is 20.3 Å². The first-order chi connectivity index (χ1) is 16.0. The van der Waals surface area contributed by atoms with Crippen molar-refractivity contribution >= 4 is 22.9 Å². The second-order valence-electron chi connectivity index (χ2n) is 8.14. The molecule has 0 atom stereocenters. The number of hydrogen-bond acceptors (Lipinski definition) is 6. The third kappa shape index (κ3) is 5.71. The average molecular weight is 456 g/mol. The largest absolute Gasteiger partial charge is 0.443 e. The van der Waals surface area contributed by atoms with Crippen LogP contribution in [0, 0.1) is 0 Å². The summed E-state index contributed by atoms with van der Waals surface area (Å²) in [6.07, 6.45) is 8.04. The van der Waals surface area contributed by atoms with Gasteiger partial charge in [0, 0.05) is 36.6 Å². The highest BCUT2D eigenvalue weighted by Crippen LogP contribution is 2.26. The van der Waals surface area contributed by atoms with Crippen LogP contribution in [0.1, 0.15) is 41.7 Å². The molecule has 0 saturated heterocycles. The predicted octanol–water partition coefficient (Wildman–Crippen LogP) is 2.65. The van der Waals surface area contributed by atoms with Gasteiger partial charge in [-0.25, -0.2) is 9.78 Å². The molecule has 0 aliphatic heterocycles. The van der Waals surface area contributed by atoms with Gasteiger partial charge >= 0.3 is 6.09 Å². The highest BCUT2D eigenvalue weighted by molar-refractivity contribution is 6.07. The van der Waals surface area contributed by atoms with Crippen molar-refractivity contribution in [1.29, 1.82) is 0 Å². The van der Waals surface area contributed by atoms with Gasteiger partial charge in [0.25, 0.3) is 5.91 Å². The number of hydrogen-bond donors (Lipinski definition) is 3. The van der Waals surface area contributed by atoms with Gasteiger partial charge in [0.1, 0.15) is 6.61 Å². The SMILES string of the molecule is COCCOC1CCC(NC(=O)c2cc(-n3ccnc3)cc3cc(COC(N)=O)[nH]c23)CC1. The van der Waals surface area contributed by atoms with Crippen LogP contribution >= 0.6 is 0 Å². The first-order valence-electron chi connectivity index (χ1n) is 11.0. The molecule has 0 radical (unpaired) electrons. The number of H-pyrrole nitrogens is 1. The number of nitrogens with two attached hydrogens (primary N) is 1. The van der Waals surface area contributed by atoms with Crippen molar-refractivity contribution < 1.29 is 23.8 Å². The lowest BCUT2D eigenvalue weighted by atomic mass is 9.92. The molecule has 4 rings (SSSR count). The van der Waals surface area contributed by atoms with Crippen LogP contribution in [0.15, 0.2) is 36.9 Å². The number of amides is 2. The van der Waals surface area contributed by atoms with E-state index < -0.39 is 6.09 Å². The van der Waals surface area contributed by atoms with E-state index in [1.165, 1.54) is 0 Å². The zero-order valence-corrected chi connectivity index (χ0v) is 18.6. The van der Waals surface area contributed by atoms with Crippen LogP contribution in [0.25, 0.3) is 16.6 Å². The molecule has 1 aromatic carbocycles. The number of aromatic nitrogens is 3. The van der Waals surface area contributed by atoms with Crippen LogP contribution in [0.5, 0.6) is 0 Å². The topological polar surface area (TPSA) is 133 Å². The smallest absolute Gasteiger partial charge is 0.404 e. The molecule has 0 spiro atoms.